The van der Waals surface area contributed by atoms with Crippen LogP contribution in [0.1, 0.15) is 5.69 Å². The van der Waals surface area contributed by atoms with Crippen molar-refractivity contribution in [3.8, 4) is 11.8 Å². The number of alkyl halides is 1. The molecule has 0 fully saturated rings. The van der Waals surface area contributed by atoms with Gasteiger partial charge in [-0.3, -0.25) is 0 Å². The first-order chi connectivity index (χ1) is 8.19. The Morgan fingerprint density at radius 2 is 2.24 bits per heavy atom. The molecule has 0 atom stereocenters. The maximum atomic E-state index is 5.63. The Balaban J connectivity index is 2.15. The number of halogens is 1. The van der Waals surface area contributed by atoms with Gasteiger partial charge in [-0.25, -0.2) is 0 Å². The SMILES string of the molecule is CN(C)c1cccc(Oc2nc(CCl)co2)c1. The van der Waals surface area contributed by atoms with Gasteiger partial charge in [-0.1, -0.05) is 6.07 Å². The van der Waals surface area contributed by atoms with Crippen LogP contribution in [0.2, 0.25) is 0 Å². The summed E-state index contributed by atoms with van der Waals surface area (Å²) in [6.07, 6.45) is 1.69. The van der Waals surface area contributed by atoms with E-state index in [1.54, 1.807) is 0 Å². The summed E-state index contributed by atoms with van der Waals surface area (Å²) in [5.74, 6) is 0.990. The molecule has 0 radical (unpaired) electrons. The van der Waals surface area contributed by atoms with E-state index in [4.69, 9.17) is 20.8 Å². The molecule has 0 unspecified atom stereocenters. The zero-order valence-electron chi connectivity index (χ0n) is 9.68. The molecule has 4 nitrogen and oxygen atoms in total. The van der Waals surface area contributed by atoms with Gasteiger partial charge in [0.2, 0.25) is 0 Å². The Morgan fingerprint density at radius 1 is 1.41 bits per heavy atom. The molecule has 0 saturated carbocycles. The summed E-state index contributed by atoms with van der Waals surface area (Å²) in [4.78, 5) is 6.06. The Hall–Kier alpha value is -1.68. The monoisotopic (exact) mass is 252 g/mol. The summed E-state index contributed by atoms with van der Waals surface area (Å²) in [5.41, 5.74) is 1.71. The number of ether oxygens (including phenoxy) is 1. The minimum Gasteiger partial charge on any atom is -0.417 e. The second kappa shape index (κ2) is 5.10. The van der Waals surface area contributed by atoms with Crippen LogP contribution in [0.15, 0.2) is 34.9 Å². The van der Waals surface area contributed by atoms with Crippen LogP contribution in [0, 0.1) is 0 Å². The van der Waals surface area contributed by atoms with Crippen molar-refractivity contribution in [3.05, 3.63) is 36.2 Å². The molecule has 17 heavy (non-hydrogen) atoms. The maximum Gasteiger partial charge on any atom is 0.399 e. The van der Waals surface area contributed by atoms with E-state index in [9.17, 15) is 0 Å². The lowest BCUT2D eigenvalue weighted by atomic mass is 10.3. The van der Waals surface area contributed by atoms with Crippen molar-refractivity contribution in [2.75, 3.05) is 19.0 Å². The molecule has 0 amide bonds. The van der Waals surface area contributed by atoms with Crippen LogP contribution in [0.3, 0.4) is 0 Å². The fraction of sp³-hybridized carbons (Fsp3) is 0.250. The third-order valence-electron chi connectivity index (χ3n) is 2.21. The fourth-order valence-corrected chi connectivity index (χ4v) is 1.45. The molecule has 2 aromatic rings. The van der Waals surface area contributed by atoms with Crippen LogP contribution in [0.25, 0.3) is 0 Å². The van der Waals surface area contributed by atoms with Crippen LogP contribution in [-0.2, 0) is 5.88 Å². The van der Waals surface area contributed by atoms with Crippen LogP contribution in [-0.4, -0.2) is 19.1 Å². The van der Waals surface area contributed by atoms with Crippen LogP contribution in [0.5, 0.6) is 11.8 Å². The second-order valence-electron chi connectivity index (χ2n) is 3.73. The van der Waals surface area contributed by atoms with E-state index in [-0.39, 0.29) is 6.08 Å². The van der Waals surface area contributed by atoms with Crippen molar-refractivity contribution in [2.45, 2.75) is 5.88 Å². The van der Waals surface area contributed by atoms with E-state index in [1.165, 1.54) is 6.26 Å². The molecule has 0 aliphatic heterocycles. The molecule has 5 heteroatoms. The summed E-state index contributed by atoms with van der Waals surface area (Å²) in [7, 11) is 3.94. The summed E-state index contributed by atoms with van der Waals surface area (Å²) < 4.78 is 10.6. The topological polar surface area (TPSA) is 38.5 Å². The minimum absolute atomic E-state index is 0.205. The Morgan fingerprint density at radius 3 is 2.88 bits per heavy atom. The van der Waals surface area contributed by atoms with Gasteiger partial charge in [-0.05, 0) is 12.1 Å². The van der Waals surface area contributed by atoms with Crippen molar-refractivity contribution >= 4 is 17.3 Å². The number of benzene rings is 1. The standard InChI is InChI=1S/C12H13ClN2O2/c1-15(2)10-4-3-5-11(6-10)17-12-14-9(7-13)8-16-12/h3-6,8H,7H2,1-2H3. The van der Waals surface area contributed by atoms with Gasteiger partial charge >= 0.3 is 6.08 Å². The van der Waals surface area contributed by atoms with Crippen molar-refractivity contribution in [3.63, 3.8) is 0 Å². The molecular weight excluding hydrogens is 240 g/mol. The van der Waals surface area contributed by atoms with Crippen molar-refractivity contribution in [1.82, 2.24) is 4.98 Å². The van der Waals surface area contributed by atoms with Crippen molar-refractivity contribution in [2.24, 2.45) is 0 Å². The first kappa shape index (κ1) is 11.8. The first-order valence-electron chi connectivity index (χ1n) is 5.14. The molecule has 0 aliphatic carbocycles. The molecule has 0 N–H and O–H groups in total. The number of hydrogen-bond donors (Lipinski definition) is 0. The highest BCUT2D eigenvalue weighted by Crippen LogP contribution is 2.24. The zero-order chi connectivity index (χ0) is 12.3. The maximum absolute atomic E-state index is 5.63. The largest absolute Gasteiger partial charge is 0.417 e. The highest BCUT2D eigenvalue weighted by molar-refractivity contribution is 6.16. The predicted octanol–water partition coefficient (Wildman–Crippen LogP) is 3.27. The summed E-state index contributed by atoms with van der Waals surface area (Å²) in [6, 6.07) is 7.66. The molecule has 1 aromatic carbocycles. The van der Waals surface area contributed by atoms with Gasteiger partial charge in [0.25, 0.3) is 0 Å². The Bertz CT molecular complexity index is 497. The molecule has 1 heterocycles. The first-order valence-corrected chi connectivity index (χ1v) is 5.68. The molecule has 1 aromatic heterocycles. The highest BCUT2D eigenvalue weighted by atomic mass is 35.5. The highest BCUT2D eigenvalue weighted by Gasteiger charge is 2.06. The number of nitrogens with zero attached hydrogens (tertiary/aromatic N) is 2. The van der Waals surface area contributed by atoms with E-state index in [2.05, 4.69) is 4.98 Å². The molecule has 0 bridgehead atoms. The van der Waals surface area contributed by atoms with Crippen LogP contribution < -0.4 is 9.64 Å². The van der Waals surface area contributed by atoms with Gasteiger partial charge in [0.05, 0.1) is 11.6 Å². The summed E-state index contributed by atoms with van der Waals surface area (Å²) >= 11 is 5.63. The van der Waals surface area contributed by atoms with Gasteiger partial charge in [-0.15, -0.1) is 11.6 Å². The number of anilines is 1. The lowest BCUT2D eigenvalue weighted by molar-refractivity contribution is 0.331. The van der Waals surface area contributed by atoms with E-state index >= 15 is 0 Å². The molecule has 0 aliphatic rings. The van der Waals surface area contributed by atoms with Gasteiger partial charge in [0.1, 0.15) is 12.0 Å². The summed E-state index contributed by atoms with van der Waals surface area (Å²) in [6.45, 7) is 0. The molecule has 2 rings (SSSR count). The van der Waals surface area contributed by atoms with E-state index in [0.29, 0.717) is 17.3 Å². The number of oxazole rings is 1. The normalized spacial score (nSPS) is 10.3. The van der Waals surface area contributed by atoms with Gasteiger partial charge in [-0.2, -0.15) is 4.98 Å². The molecular formula is C12H13ClN2O2. The lowest BCUT2D eigenvalue weighted by Gasteiger charge is -2.12. The van der Waals surface area contributed by atoms with Crippen LogP contribution >= 0.6 is 11.6 Å². The Labute approximate surface area is 105 Å². The number of hydrogen-bond acceptors (Lipinski definition) is 4. The quantitative estimate of drug-likeness (QED) is 0.783. The van der Waals surface area contributed by atoms with Crippen molar-refractivity contribution < 1.29 is 9.15 Å². The lowest BCUT2D eigenvalue weighted by Crippen LogP contribution is -2.08. The third kappa shape index (κ3) is 2.91. The third-order valence-corrected chi connectivity index (χ3v) is 2.48. The van der Waals surface area contributed by atoms with Gasteiger partial charge in [0, 0.05) is 25.8 Å². The van der Waals surface area contributed by atoms with Crippen molar-refractivity contribution in [1.29, 1.82) is 0 Å². The molecule has 0 saturated heterocycles. The Kier molecular flexibility index (Phi) is 3.54. The summed E-state index contributed by atoms with van der Waals surface area (Å²) in [5, 5.41) is 0. The second-order valence-corrected chi connectivity index (χ2v) is 4.00. The average Bonchev–Trinajstić information content (AvgIpc) is 2.77. The van der Waals surface area contributed by atoms with E-state index in [1.807, 2.05) is 43.3 Å². The van der Waals surface area contributed by atoms with E-state index in [0.717, 1.165) is 5.69 Å². The number of rotatable bonds is 4. The van der Waals surface area contributed by atoms with Gasteiger partial charge in [0.15, 0.2) is 0 Å². The van der Waals surface area contributed by atoms with Gasteiger partial charge < -0.3 is 14.1 Å². The minimum atomic E-state index is 0.205. The fourth-order valence-electron chi connectivity index (χ4n) is 1.32. The van der Waals surface area contributed by atoms with Crippen LogP contribution in [0.4, 0.5) is 5.69 Å². The molecule has 0 spiro atoms. The molecule has 90 valence electrons. The van der Waals surface area contributed by atoms with E-state index < -0.39 is 0 Å². The number of aromatic nitrogens is 1. The smallest absolute Gasteiger partial charge is 0.399 e. The average molecular weight is 253 g/mol. The predicted molar refractivity (Wildman–Crippen MR) is 66.9 cm³/mol. The zero-order valence-corrected chi connectivity index (χ0v) is 10.4.